The Balaban J connectivity index is 1.48. The van der Waals surface area contributed by atoms with E-state index in [9.17, 15) is 4.79 Å². The molecule has 1 aromatic heterocycles. The minimum Gasteiger partial charge on any atom is -0.345 e. The van der Waals surface area contributed by atoms with Gasteiger partial charge in [0.15, 0.2) is 0 Å². The van der Waals surface area contributed by atoms with Crippen molar-refractivity contribution in [3.8, 4) is 0 Å². The van der Waals surface area contributed by atoms with Crippen molar-refractivity contribution in [1.82, 2.24) is 25.4 Å². The summed E-state index contributed by atoms with van der Waals surface area (Å²) in [7, 11) is 0. The number of hydrogen-bond acceptors (Lipinski definition) is 4. The van der Waals surface area contributed by atoms with E-state index in [0.717, 1.165) is 37.4 Å². The maximum atomic E-state index is 12.4. The number of hydrogen-bond donors (Lipinski definition) is 2. The topological polar surface area (TPSA) is 71.8 Å². The zero-order chi connectivity index (χ0) is 14.9. The van der Waals surface area contributed by atoms with Crippen LogP contribution in [0, 0.1) is 11.8 Å². The number of aromatic nitrogens is 3. The summed E-state index contributed by atoms with van der Waals surface area (Å²) in [5.74, 6) is 2.46. The van der Waals surface area contributed by atoms with Gasteiger partial charge in [0.05, 0.1) is 0 Å². The maximum Gasteiger partial charge on any atom is 0.289 e. The summed E-state index contributed by atoms with van der Waals surface area (Å²) in [6.07, 6.45) is 0.913. The van der Waals surface area contributed by atoms with Gasteiger partial charge in [-0.1, -0.05) is 30.3 Å². The molecule has 2 atom stereocenters. The van der Waals surface area contributed by atoms with Gasteiger partial charge >= 0.3 is 0 Å². The molecule has 0 unspecified atom stereocenters. The van der Waals surface area contributed by atoms with Crippen LogP contribution in [-0.2, 0) is 19.5 Å². The zero-order valence-corrected chi connectivity index (χ0v) is 12.3. The second kappa shape index (κ2) is 5.53. The van der Waals surface area contributed by atoms with Crippen LogP contribution in [-0.4, -0.2) is 33.8 Å². The number of rotatable bonds is 3. The first-order valence-electron chi connectivity index (χ1n) is 7.76. The first-order valence-corrected chi connectivity index (χ1v) is 7.76. The van der Waals surface area contributed by atoms with E-state index in [2.05, 4.69) is 20.8 Å². The third-order valence-corrected chi connectivity index (χ3v) is 4.67. The molecule has 6 nitrogen and oxygen atoms in total. The van der Waals surface area contributed by atoms with Gasteiger partial charge < -0.3 is 15.2 Å². The van der Waals surface area contributed by atoms with E-state index in [1.54, 1.807) is 0 Å². The molecule has 2 aliphatic rings. The fourth-order valence-corrected chi connectivity index (χ4v) is 3.41. The van der Waals surface area contributed by atoms with Crippen molar-refractivity contribution in [2.75, 3.05) is 13.1 Å². The lowest BCUT2D eigenvalue weighted by atomic mass is 9.89. The first kappa shape index (κ1) is 13.5. The van der Waals surface area contributed by atoms with Crippen molar-refractivity contribution >= 4 is 5.91 Å². The normalized spacial score (nSPS) is 22.9. The van der Waals surface area contributed by atoms with Crippen molar-refractivity contribution in [3.05, 3.63) is 47.5 Å². The minimum atomic E-state index is -0.146. The molecule has 22 heavy (non-hydrogen) atoms. The van der Waals surface area contributed by atoms with Crippen molar-refractivity contribution in [1.29, 1.82) is 0 Å². The van der Waals surface area contributed by atoms with Gasteiger partial charge in [-0.15, -0.1) is 10.2 Å². The number of nitrogens with one attached hydrogen (secondary N) is 2. The summed E-state index contributed by atoms with van der Waals surface area (Å²) >= 11 is 0. The van der Waals surface area contributed by atoms with Crippen molar-refractivity contribution in [3.63, 3.8) is 0 Å². The Hall–Kier alpha value is -2.21. The number of fused-ring (bicyclic) bond motifs is 2. The monoisotopic (exact) mass is 297 g/mol. The molecule has 1 fully saturated rings. The van der Waals surface area contributed by atoms with Gasteiger partial charge in [-0.25, -0.2) is 0 Å². The Labute approximate surface area is 128 Å². The number of benzene rings is 1. The summed E-state index contributed by atoms with van der Waals surface area (Å²) < 4.78 is 1.99. The lowest BCUT2D eigenvalue weighted by Gasteiger charge is -2.25. The van der Waals surface area contributed by atoms with Crippen LogP contribution in [0.4, 0.5) is 0 Å². The number of amides is 1. The minimum absolute atomic E-state index is 0.146. The molecule has 1 aromatic carbocycles. The molecule has 0 spiro atoms. The molecule has 0 bridgehead atoms. The molecule has 1 saturated heterocycles. The van der Waals surface area contributed by atoms with Gasteiger partial charge in [0.25, 0.3) is 5.91 Å². The quantitative estimate of drug-likeness (QED) is 0.870. The van der Waals surface area contributed by atoms with Gasteiger partial charge in [0.1, 0.15) is 5.82 Å². The van der Waals surface area contributed by atoms with Gasteiger partial charge in [0, 0.05) is 19.5 Å². The molecule has 0 aliphatic carbocycles. The van der Waals surface area contributed by atoms with E-state index in [0.29, 0.717) is 24.2 Å². The lowest BCUT2D eigenvalue weighted by molar-refractivity contribution is 0.0932. The van der Waals surface area contributed by atoms with E-state index >= 15 is 0 Å². The number of carbonyl (C=O) groups is 1. The van der Waals surface area contributed by atoms with Gasteiger partial charge in [-0.05, 0) is 30.5 Å². The fraction of sp³-hybridized carbons (Fsp3) is 0.438. The van der Waals surface area contributed by atoms with Crippen molar-refractivity contribution < 1.29 is 4.79 Å². The Morgan fingerprint density at radius 2 is 2.05 bits per heavy atom. The average molecular weight is 297 g/mol. The smallest absolute Gasteiger partial charge is 0.289 e. The summed E-state index contributed by atoms with van der Waals surface area (Å²) in [4.78, 5) is 12.4. The van der Waals surface area contributed by atoms with Crippen molar-refractivity contribution in [2.24, 2.45) is 11.8 Å². The molecule has 6 heteroatoms. The Morgan fingerprint density at radius 1 is 1.23 bits per heavy atom. The molecule has 1 amide bonds. The molecule has 2 N–H and O–H groups in total. The van der Waals surface area contributed by atoms with E-state index in [4.69, 9.17) is 0 Å². The Bertz CT molecular complexity index is 681. The summed E-state index contributed by atoms with van der Waals surface area (Å²) in [6.45, 7) is 3.42. The van der Waals surface area contributed by atoms with Gasteiger partial charge in [-0.3, -0.25) is 4.79 Å². The van der Waals surface area contributed by atoms with Crippen LogP contribution < -0.4 is 10.6 Å². The third-order valence-electron chi connectivity index (χ3n) is 4.67. The predicted molar refractivity (Wildman–Crippen MR) is 81.2 cm³/mol. The lowest BCUT2D eigenvalue weighted by Crippen LogP contribution is -2.32. The molecule has 0 saturated carbocycles. The van der Waals surface area contributed by atoms with E-state index in [-0.39, 0.29) is 5.91 Å². The van der Waals surface area contributed by atoms with Crippen molar-refractivity contribution in [2.45, 2.75) is 19.5 Å². The summed E-state index contributed by atoms with van der Waals surface area (Å²) in [5.41, 5.74) is 1.08. The van der Waals surface area contributed by atoms with Crippen LogP contribution >= 0.6 is 0 Å². The predicted octanol–water partition coefficient (Wildman–Crippen LogP) is 0.600. The standard InChI is InChI=1S/C16H19N5O/c22-16(18-7-11-4-2-1-3-5-11)15-20-19-14-6-12-8-17-9-13(12)10-21(14)15/h1-5,12-13,17H,6-10H2,(H,18,22)/t12-,13-/m0/s1. The van der Waals surface area contributed by atoms with E-state index in [1.807, 2.05) is 34.9 Å². The second-order valence-electron chi connectivity index (χ2n) is 6.10. The second-order valence-corrected chi connectivity index (χ2v) is 6.10. The van der Waals surface area contributed by atoms with Crippen LogP contribution in [0.25, 0.3) is 0 Å². The zero-order valence-electron chi connectivity index (χ0n) is 12.3. The van der Waals surface area contributed by atoms with Crippen LogP contribution in [0.2, 0.25) is 0 Å². The SMILES string of the molecule is O=C(NCc1ccccc1)c1nnc2n1C[C@@H]1CNC[C@@H]1C2. The van der Waals surface area contributed by atoms with Crippen LogP contribution in [0.15, 0.2) is 30.3 Å². The number of nitrogens with zero attached hydrogens (tertiary/aromatic N) is 3. The highest BCUT2D eigenvalue weighted by atomic mass is 16.2. The first-order chi connectivity index (χ1) is 10.8. The average Bonchev–Trinajstić information content (AvgIpc) is 3.17. The molecular formula is C16H19N5O. The highest BCUT2D eigenvalue weighted by molar-refractivity contribution is 5.90. The Morgan fingerprint density at radius 3 is 2.91 bits per heavy atom. The van der Waals surface area contributed by atoms with Gasteiger partial charge in [0.2, 0.25) is 5.82 Å². The molecule has 2 aliphatic heterocycles. The molecule has 4 rings (SSSR count). The molecule has 0 radical (unpaired) electrons. The fourth-order valence-electron chi connectivity index (χ4n) is 3.41. The van der Waals surface area contributed by atoms with Gasteiger partial charge in [-0.2, -0.15) is 0 Å². The van der Waals surface area contributed by atoms with E-state index in [1.165, 1.54) is 0 Å². The molecule has 114 valence electrons. The maximum absolute atomic E-state index is 12.4. The molecular weight excluding hydrogens is 278 g/mol. The number of carbonyl (C=O) groups excluding carboxylic acids is 1. The highest BCUT2D eigenvalue weighted by Gasteiger charge is 2.35. The molecule has 3 heterocycles. The largest absolute Gasteiger partial charge is 0.345 e. The summed E-state index contributed by atoms with van der Waals surface area (Å²) in [5, 5.41) is 14.7. The highest BCUT2D eigenvalue weighted by Crippen LogP contribution is 2.28. The van der Waals surface area contributed by atoms with Crippen LogP contribution in [0.1, 0.15) is 22.0 Å². The Kier molecular flexibility index (Phi) is 3.38. The van der Waals surface area contributed by atoms with Crippen LogP contribution in [0.5, 0.6) is 0 Å². The summed E-state index contributed by atoms with van der Waals surface area (Å²) in [6, 6.07) is 9.89. The van der Waals surface area contributed by atoms with Crippen LogP contribution in [0.3, 0.4) is 0 Å². The van der Waals surface area contributed by atoms with E-state index < -0.39 is 0 Å². The molecule has 2 aromatic rings. The third kappa shape index (κ3) is 2.39.